The van der Waals surface area contributed by atoms with Gasteiger partial charge in [-0.3, -0.25) is 9.48 Å². The second-order valence-corrected chi connectivity index (χ2v) is 9.12. The van der Waals surface area contributed by atoms with E-state index in [2.05, 4.69) is 5.10 Å². The molecule has 0 aromatic carbocycles. The molecule has 2 aromatic heterocycles. The molecule has 1 atom stereocenters. The third-order valence-electron chi connectivity index (χ3n) is 3.59. The molecule has 0 saturated carbocycles. The van der Waals surface area contributed by atoms with Crippen LogP contribution in [0.3, 0.4) is 0 Å². The van der Waals surface area contributed by atoms with Gasteiger partial charge in [0.2, 0.25) is 0 Å². The maximum atomic E-state index is 12.7. The van der Waals surface area contributed by atoms with Crippen LogP contribution in [0.5, 0.6) is 0 Å². The molecular formula is C13H14ClN3O3S2. The van der Waals surface area contributed by atoms with Crippen molar-refractivity contribution in [3.05, 3.63) is 39.3 Å². The zero-order valence-electron chi connectivity index (χ0n) is 11.8. The minimum Gasteiger partial charge on any atom is -0.329 e. The average Bonchev–Trinajstić information content (AvgIpc) is 3.06. The summed E-state index contributed by atoms with van der Waals surface area (Å²) < 4.78 is 26.1. The maximum Gasteiger partial charge on any atom is 0.264 e. The summed E-state index contributed by atoms with van der Waals surface area (Å²) in [5.41, 5.74) is 0.724. The molecule has 118 valence electrons. The molecule has 3 heterocycles. The Morgan fingerprint density at radius 2 is 2.23 bits per heavy atom. The van der Waals surface area contributed by atoms with Crippen molar-refractivity contribution in [3.8, 4) is 0 Å². The van der Waals surface area contributed by atoms with Crippen molar-refractivity contribution in [3.63, 3.8) is 0 Å². The summed E-state index contributed by atoms with van der Waals surface area (Å²) in [6, 6.07) is 2.82. The fourth-order valence-corrected chi connectivity index (χ4v) is 5.00. The summed E-state index contributed by atoms with van der Waals surface area (Å²) >= 11 is 7.08. The molecule has 0 radical (unpaired) electrons. The molecule has 1 aliphatic rings. The van der Waals surface area contributed by atoms with Crippen molar-refractivity contribution in [1.82, 2.24) is 14.7 Å². The standard InChI is InChI=1S/C13H14ClN3O3S2/c1-16-7-9(6-15-16)10-8-22(19,20)5-4-17(10)13(18)11-2-3-12(14)21-11/h2-3,6-7,10H,4-5,8H2,1H3/t10-/m1/s1. The van der Waals surface area contributed by atoms with Crippen molar-refractivity contribution in [2.24, 2.45) is 7.05 Å². The lowest BCUT2D eigenvalue weighted by Crippen LogP contribution is -2.45. The first kappa shape index (κ1) is 15.5. The van der Waals surface area contributed by atoms with Gasteiger partial charge in [-0.25, -0.2) is 8.42 Å². The quantitative estimate of drug-likeness (QED) is 0.818. The van der Waals surface area contributed by atoms with Crippen molar-refractivity contribution in [1.29, 1.82) is 0 Å². The molecule has 2 aromatic rings. The van der Waals surface area contributed by atoms with Crippen molar-refractivity contribution in [2.75, 3.05) is 18.1 Å². The molecule has 0 unspecified atom stereocenters. The Bertz CT molecular complexity index is 812. The van der Waals surface area contributed by atoms with Crippen LogP contribution in [0, 0.1) is 0 Å². The van der Waals surface area contributed by atoms with Gasteiger partial charge in [0.05, 0.1) is 33.0 Å². The minimum atomic E-state index is -3.17. The second-order valence-electron chi connectivity index (χ2n) is 5.18. The van der Waals surface area contributed by atoms with Crippen LogP contribution in [0.25, 0.3) is 0 Å². The Balaban J connectivity index is 1.95. The van der Waals surface area contributed by atoms with Gasteiger partial charge in [0.15, 0.2) is 9.84 Å². The highest BCUT2D eigenvalue weighted by atomic mass is 35.5. The Morgan fingerprint density at radius 3 is 2.82 bits per heavy atom. The van der Waals surface area contributed by atoms with Crippen LogP contribution in [0.2, 0.25) is 4.34 Å². The molecule has 1 fully saturated rings. The smallest absolute Gasteiger partial charge is 0.264 e. The zero-order valence-corrected chi connectivity index (χ0v) is 14.2. The molecule has 0 N–H and O–H groups in total. The van der Waals surface area contributed by atoms with Gasteiger partial charge in [0.25, 0.3) is 5.91 Å². The number of halogens is 1. The third kappa shape index (κ3) is 3.04. The van der Waals surface area contributed by atoms with E-state index in [0.717, 1.165) is 5.56 Å². The third-order valence-corrected chi connectivity index (χ3v) is 6.43. The molecule has 3 rings (SSSR count). The lowest BCUT2D eigenvalue weighted by molar-refractivity contribution is 0.0702. The fraction of sp³-hybridized carbons (Fsp3) is 0.385. The van der Waals surface area contributed by atoms with Gasteiger partial charge in [0, 0.05) is 25.4 Å². The SMILES string of the molecule is Cn1cc([C@H]2CS(=O)(=O)CCN2C(=O)c2ccc(Cl)s2)cn1. The van der Waals surface area contributed by atoms with Gasteiger partial charge in [-0.15, -0.1) is 11.3 Å². The number of rotatable bonds is 2. The van der Waals surface area contributed by atoms with E-state index < -0.39 is 15.9 Å². The summed E-state index contributed by atoms with van der Waals surface area (Å²) in [5.74, 6) is -0.293. The normalized spacial score (nSPS) is 21.0. The van der Waals surface area contributed by atoms with Crippen LogP contribution in [-0.2, 0) is 16.9 Å². The topological polar surface area (TPSA) is 72.3 Å². The average molecular weight is 360 g/mol. The Hall–Kier alpha value is -1.38. The second kappa shape index (κ2) is 5.68. The number of thiophene rings is 1. The summed E-state index contributed by atoms with van der Waals surface area (Å²) in [6.45, 7) is 0.177. The number of aromatic nitrogens is 2. The van der Waals surface area contributed by atoms with Crippen LogP contribution >= 0.6 is 22.9 Å². The predicted molar refractivity (Wildman–Crippen MR) is 85.0 cm³/mol. The number of sulfone groups is 1. The van der Waals surface area contributed by atoms with Gasteiger partial charge in [0.1, 0.15) is 0 Å². The summed E-state index contributed by atoms with van der Waals surface area (Å²) in [7, 11) is -1.41. The molecular weight excluding hydrogens is 346 g/mol. The first-order valence-electron chi connectivity index (χ1n) is 6.61. The van der Waals surface area contributed by atoms with E-state index in [1.807, 2.05) is 0 Å². The predicted octanol–water partition coefficient (Wildman–Crippen LogP) is 1.75. The highest BCUT2D eigenvalue weighted by Crippen LogP contribution is 2.30. The Kier molecular flexibility index (Phi) is 4.00. The fourth-order valence-electron chi connectivity index (χ4n) is 2.51. The van der Waals surface area contributed by atoms with Gasteiger partial charge in [-0.1, -0.05) is 11.6 Å². The highest BCUT2D eigenvalue weighted by Gasteiger charge is 2.36. The molecule has 9 heteroatoms. The monoisotopic (exact) mass is 359 g/mol. The van der Waals surface area contributed by atoms with E-state index in [1.165, 1.54) is 11.3 Å². The summed E-state index contributed by atoms with van der Waals surface area (Å²) in [5, 5.41) is 4.08. The van der Waals surface area contributed by atoms with E-state index in [9.17, 15) is 13.2 Å². The number of nitrogens with zero attached hydrogens (tertiary/aromatic N) is 3. The first-order chi connectivity index (χ1) is 10.4. The zero-order chi connectivity index (χ0) is 15.9. The molecule has 0 aliphatic carbocycles. The maximum absolute atomic E-state index is 12.7. The first-order valence-corrected chi connectivity index (χ1v) is 9.62. The van der Waals surface area contributed by atoms with Gasteiger partial charge in [-0.05, 0) is 12.1 Å². The van der Waals surface area contributed by atoms with E-state index in [-0.39, 0.29) is 24.0 Å². The Labute approximate surface area is 137 Å². The molecule has 1 amide bonds. The van der Waals surface area contributed by atoms with Gasteiger partial charge < -0.3 is 4.90 Å². The molecule has 6 nitrogen and oxygen atoms in total. The van der Waals surface area contributed by atoms with E-state index in [0.29, 0.717) is 9.21 Å². The van der Waals surface area contributed by atoms with Crippen LogP contribution in [-0.4, -0.2) is 47.1 Å². The van der Waals surface area contributed by atoms with Gasteiger partial charge >= 0.3 is 0 Å². The molecule has 1 saturated heterocycles. The lowest BCUT2D eigenvalue weighted by atomic mass is 10.1. The number of hydrogen-bond donors (Lipinski definition) is 0. The largest absolute Gasteiger partial charge is 0.329 e. The number of amides is 1. The molecule has 0 spiro atoms. The van der Waals surface area contributed by atoms with E-state index >= 15 is 0 Å². The Morgan fingerprint density at radius 1 is 1.45 bits per heavy atom. The van der Waals surface area contributed by atoms with E-state index in [1.54, 1.807) is 41.2 Å². The molecule has 1 aliphatic heterocycles. The van der Waals surface area contributed by atoms with Crippen molar-refractivity contribution < 1.29 is 13.2 Å². The van der Waals surface area contributed by atoms with Crippen LogP contribution in [0.1, 0.15) is 21.3 Å². The van der Waals surface area contributed by atoms with Gasteiger partial charge in [-0.2, -0.15) is 5.10 Å². The summed E-state index contributed by atoms with van der Waals surface area (Å²) in [4.78, 5) is 14.8. The molecule has 22 heavy (non-hydrogen) atoms. The van der Waals surface area contributed by atoms with Crippen LogP contribution in [0.15, 0.2) is 24.5 Å². The summed E-state index contributed by atoms with van der Waals surface area (Å²) in [6.07, 6.45) is 3.35. The number of carbonyl (C=O) groups excluding carboxylic acids is 1. The minimum absolute atomic E-state index is 0.0192. The van der Waals surface area contributed by atoms with Crippen molar-refractivity contribution >= 4 is 38.7 Å². The van der Waals surface area contributed by atoms with E-state index in [4.69, 9.17) is 11.6 Å². The van der Waals surface area contributed by atoms with Crippen LogP contribution < -0.4 is 0 Å². The molecule has 0 bridgehead atoms. The number of carbonyl (C=O) groups is 1. The number of aryl methyl sites for hydroxylation is 1. The van der Waals surface area contributed by atoms with Crippen molar-refractivity contribution in [2.45, 2.75) is 6.04 Å². The lowest BCUT2D eigenvalue weighted by Gasteiger charge is -2.34. The number of hydrogen-bond acceptors (Lipinski definition) is 5. The van der Waals surface area contributed by atoms with Crippen LogP contribution in [0.4, 0.5) is 0 Å². The highest BCUT2D eigenvalue weighted by molar-refractivity contribution is 7.91.